The van der Waals surface area contributed by atoms with Crippen LogP contribution in [0, 0.1) is 10.1 Å². The Hall–Kier alpha value is -3.72. The van der Waals surface area contributed by atoms with E-state index in [-0.39, 0.29) is 44.5 Å². The molecule has 184 valence electrons. The lowest BCUT2D eigenvalue weighted by Gasteiger charge is -2.15. The van der Waals surface area contributed by atoms with Crippen molar-refractivity contribution in [2.75, 3.05) is 6.79 Å². The van der Waals surface area contributed by atoms with Gasteiger partial charge in [-0.1, -0.05) is 24.0 Å². The number of nitrogens with two attached hydrogens (primary N) is 1. The van der Waals surface area contributed by atoms with E-state index in [4.69, 9.17) is 31.2 Å². The molecular weight excluding hydrogens is 530 g/mol. The Bertz CT molecular complexity index is 1560. The maximum absolute atomic E-state index is 13.1. The summed E-state index contributed by atoms with van der Waals surface area (Å²) in [5, 5.41) is 16.7. The molecule has 3 aromatic rings. The monoisotopic (exact) mass is 545 g/mol. The fourth-order valence-electron chi connectivity index (χ4n) is 3.60. The molecule has 2 N–H and O–H groups in total. The molecule has 14 heteroatoms. The van der Waals surface area contributed by atoms with Crippen molar-refractivity contribution in [2.45, 2.75) is 11.4 Å². The second kappa shape index (κ2) is 9.05. The first kappa shape index (κ1) is 24.0. The summed E-state index contributed by atoms with van der Waals surface area (Å²) in [6.07, 6.45) is 1.52. The zero-order valence-corrected chi connectivity index (χ0v) is 20.5. The molecular formula is C22H15N3O8S3. The number of amides is 1. The first-order valence-corrected chi connectivity index (χ1v) is 12.9. The first-order valence-electron chi connectivity index (χ1n) is 10.2. The van der Waals surface area contributed by atoms with Gasteiger partial charge >= 0.3 is 0 Å². The van der Waals surface area contributed by atoms with Crippen LogP contribution in [0.4, 0.5) is 5.69 Å². The third kappa shape index (κ3) is 4.58. The summed E-state index contributed by atoms with van der Waals surface area (Å²) in [6, 6.07) is 11.9. The van der Waals surface area contributed by atoms with E-state index in [0.29, 0.717) is 22.8 Å². The average molecular weight is 546 g/mol. The van der Waals surface area contributed by atoms with Crippen LogP contribution < -0.4 is 14.6 Å². The van der Waals surface area contributed by atoms with Gasteiger partial charge in [0, 0.05) is 11.6 Å². The Labute approximate surface area is 213 Å². The minimum Gasteiger partial charge on any atom is -0.457 e. The van der Waals surface area contributed by atoms with E-state index in [1.807, 2.05) is 0 Å². The highest BCUT2D eigenvalue weighted by atomic mass is 32.2. The van der Waals surface area contributed by atoms with Crippen LogP contribution in [0.25, 0.3) is 17.4 Å². The quantitative estimate of drug-likeness (QED) is 0.210. The zero-order valence-electron chi connectivity index (χ0n) is 18.1. The lowest BCUT2D eigenvalue weighted by Crippen LogP contribution is -2.27. The molecule has 0 bridgehead atoms. The molecule has 1 saturated heterocycles. The van der Waals surface area contributed by atoms with Gasteiger partial charge in [0.2, 0.25) is 16.8 Å². The van der Waals surface area contributed by atoms with Gasteiger partial charge in [-0.3, -0.25) is 19.8 Å². The highest BCUT2D eigenvalue weighted by Gasteiger charge is 2.35. The Morgan fingerprint density at radius 3 is 2.50 bits per heavy atom. The van der Waals surface area contributed by atoms with Crippen LogP contribution in [0.2, 0.25) is 0 Å². The summed E-state index contributed by atoms with van der Waals surface area (Å²) in [5.74, 6) is 1.02. The van der Waals surface area contributed by atoms with Crippen molar-refractivity contribution in [3.05, 3.63) is 74.9 Å². The van der Waals surface area contributed by atoms with Gasteiger partial charge in [0.15, 0.2) is 11.5 Å². The largest absolute Gasteiger partial charge is 0.457 e. The maximum Gasteiger partial charge on any atom is 0.278 e. The summed E-state index contributed by atoms with van der Waals surface area (Å²) >= 11 is 6.40. The molecule has 3 heterocycles. The van der Waals surface area contributed by atoms with E-state index in [0.717, 1.165) is 11.8 Å². The maximum atomic E-state index is 13.1. The van der Waals surface area contributed by atoms with Gasteiger partial charge in [0.1, 0.15) is 15.8 Å². The molecule has 1 aromatic heterocycles. The Morgan fingerprint density at radius 2 is 1.83 bits per heavy atom. The van der Waals surface area contributed by atoms with Gasteiger partial charge in [-0.2, -0.15) is 0 Å². The van der Waals surface area contributed by atoms with Crippen molar-refractivity contribution < 1.29 is 32.0 Å². The molecule has 36 heavy (non-hydrogen) atoms. The minimum atomic E-state index is -3.81. The van der Waals surface area contributed by atoms with E-state index >= 15 is 0 Å². The number of rotatable bonds is 6. The minimum absolute atomic E-state index is 0.0237. The van der Waals surface area contributed by atoms with E-state index in [2.05, 4.69) is 0 Å². The van der Waals surface area contributed by atoms with E-state index in [1.54, 1.807) is 24.3 Å². The van der Waals surface area contributed by atoms with E-state index in [9.17, 15) is 23.3 Å². The van der Waals surface area contributed by atoms with E-state index in [1.165, 1.54) is 35.2 Å². The number of nitro benzene ring substituents is 1. The van der Waals surface area contributed by atoms with Crippen LogP contribution in [-0.4, -0.2) is 35.3 Å². The SMILES string of the molecule is NS(=O)(=O)c1ccc(-c2ccc(C=C3SC(=S)N(Cc4cc5c(cc4[N+](=O)[O-])OCO5)C3=O)o2)cc1. The van der Waals surface area contributed by atoms with Crippen molar-refractivity contribution in [3.63, 3.8) is 0 Å². The number of carbonyl (C=O) groups is 1. The number of fused-ring (bicyclic) bond motifs is 1. The number of primary sulfonamides is 1. The lowest BCUT2D eigenvalue weighted by molar-refractivity contribution is -0.385. The number of benzene rings is 2. The molecule has 5 rings (SSSR count). The number of hydrogen-bond donors (Lipinski definition) is 1. The molecule has 1 fully saturated rings. The van der Waals surface area contributed by atoms with Crippen LogP contribution in [0.3, 0.4) is 0 Å². The topological polar surface area (TPSA) is 155 Å². The van der Waals surface area contributed by atoms with Gasteiger partial charge in [-0.05, 0) is 42.5 Å². The van der Waals surface area contributed by atoms with Gasteiger partial charge in [0.25, 0.3) is 11.6 Å². The van der Waals surface area contributed by atoms with Crippen molar-refractivity contribution in [2.24, 2.45) is 5.14 Å². The molecule has 0 radical (unpaired) electrons. The summed E-state index contributed by atoms with van der Waals surface area (Å²) in [4.78, 5) is 25.6. The molecule has 0 spiro atoms. The molecule has 0 aliphatic carbocycles. The van der Waals surface area contributed by atoms with Crippen molar-refractivity contribution in [3.8, 4) is 22.8 Å². The molecule has 0 saturated carbocycles. The smallest absolute Gasteiger partial charge is 0.278 e. The average Bonchev–Trinajstić information content (AvgIpc) is 3.54. The predicted molar refractivity (Wildman–Crippen MR) is 133 cm³/mol. The lowest BCUT2D eigenvalue weighted by atomic mass is 10.1. The van der Waals surface area contributed by atoms with Crippen LogP contribution in [0.1, 0.15) is 11.3 Å². The van der Waals surface area contributed by atoms with Gasteiger partial charge in [0.05, 0.1) is 32.9 Å². The van der Waals surface area contributed by atoms with Gasteiger partial charge in [-0.15, -0.1) is 0 Å². The zero-order chi connectivity index (χ0) is 25.6. The highest BCUT2D eigenvalue weighted by molar-refractivity contribution is 8.26. The number of hydrogen-bond acceptors (Lipinski definition) is 10. The summed E-state index contributed by atoms with van der Waals surface area (Å²) in [6.45, 7) is -0.157. The number of ether oxygens (including phenoxy) is 2. The van der Waals surface area contributed by atoms with Crippen molar-refractivity contribution in [1.82, 2.24) is 4.90 Å². The number of thioether (sulfide) groups is 1. The van der Waals surface area contributed by atoms with Crippen molar-refractivity contribution >= 4 is 56.0 Å². The number of sulfonamides is 1. The molecule has 0 atom stereocenters. The number of carbonyl (C=O) groups excluding carboxylic acids is 1. The highest BCUT2D eigenvalue weighted by Crippen LogP contribution is 2.40. The molecule has 2 aliphatic heterocycles. The van der Waals surface area contributed by atoms with Gasteiger partial charge < -0.3 is 13.9 Å². The van der Waals surface area contributed by atoms with E-state index < -0.39 is 20.9 Å². The Kier molecular flexibility index (Phi) is 6.04. The normalized spacial score (nSPS) is 16.2. The molecule has 1 amide bonds. The summed E-state index contributed by atoms with van der Waals surface area (Å²) in [7, 11) is -3.81. The molecule has 11 nitrogen and oxygen atoms in total. The summed E-state index contributed by atoms with van der Waals surface area (Å²) < 4.78 is 39.4. The van der Waals surface area contributed by atoms with Crippen LogP contribution >= 0.6 is 24.0 Å². The Balaban J connectivity index is 1.37. The summed E-state index contributed by atoms with van der Waals surface area (Å²) in [5.41, 5.74) is 0.663. The molecule has 2 aromatic carbocycles. The predicted octanol–water partition coefficient (Wildman–Crippen LogP) is 3.63. The fraction of sp³-hybridized carbons (Fsp3) is 0.0909. The number of furan rings is 1. The number of nitro groups is 1. The third-order valence-corrected chi connectivity index (χ3v) is 7.65. The van der Waals surface area contributed by atoms with Crippen LogP contribution in [0.15, 0.2) is 62.7 Å². The number of thiocarbonyl (C=S) groups is 1. The van der Waals surface area contributed by atoms with Crippen molar-refractivity contribution in [1.29, 1.82) is 0 Å². The second-order valence-electron chi connectivity index (χ2n) is 7.63. The molecule has 0 unspecified atom stereocenters. The third-order valence-electron chi connectivity index (χ3n) is 5.34. The number of nitrogens with zero attached hydrogens (tertiary/aromatic N) is 2. The Morgan fingerprint density at radius 1 is 1.14 bits per heavy atom. The van der Waals surface area contributed by atoms with Gasteiger partial charge in [-0.25, -0.2) is 13.6 Å². The first-order chi connectivity index (χ1) is 17.1. The standard InChI is InChI=1S/C22H15N3O8S3/c23-36(29,30)15-4-1-12(2-5-15)17-6-3-14(33-17)8-20-21(26)24(22(34)35-20)10-13-7-18-19(32-11-31-18)9-16(13)25(27)28/h1-9H,10-11H2,(H2,23,29,30). The van der Waals surface area contributed by atoms with Crippen LogP contribution in [0.5, 0.6) is 11.5 Å². The fourth-order valence-corrected chi connectivity index (χ4v) is 5.35. The molecule has 2 aliphatic rings. The van der Waals surface area contributed by atoms with Crippen LogP contribution in [-0.2, 0) is 21.4 Å². The second-order valence-corrected chi connectivity index (χ2v) is 10.9.